The number of aryl methyl sites for hydroxylation is 1. The van der Waals surface area contributed by atoms with Crippen molar-refractivity contribution < 1.29 is 14.7 Å². The highest BCUT2D eigenvalue weighted by Gasteiger charge is 2.32. The van der Waals surface area contributed by atoms with Gasteiger partial charge in [-0.3, -0.25) is 9.59 Å². The van der Waals surface area contributed by atoms with Crippen LogP contribution in [0.15, 0.2) is 24.3 Å². The average Bonchev–Trinajstić information content (AvgIpc) is 2.49. The maximum atomic E-state index is 12.5. The largest absolute Gasteiger partial charge is 0.481 e. The van der Waals surface area contributed by atoms with E-state index in [9.17, 15) is 9.59 Å². The lowest BCUT2D eigenvalue weighted by molar-refractivity contribution is -0.145. The highest BCUT2D eigenvalue weighted by Crippen LogP contribution is 2.30. The molecule has 2 atom stereocenters. The van der Waals surface area contributed by atoms with Crippen LogP contribution in [0.5, 0.6) is 0 Å². The summed E-state index contributed by atoms with van der Waals surface area (Å²) in [6.45, 7) is 2.61. The molecule has 1 amide bonds. The van der Waals surface area contributed by atoms with Crippen LogP contribution in [0.2, 0.25) is 0 Å². The Morgan fingerprint density at radius 1 is 1.19 bits per heavy atom. The normalized spacial score (nSPS) is 21.8. The molecule has 0 aromatic heterocycles. The molecule has 0 saturated heterocycles. The lowest BCUT2D eigenvalue weighted by Gasteiger charge is -2.29. The van der Waals surface area contributed by atoms with Crippen LogP contribution in [0.25, 0.3) is 0 Å². The van der Waals surface area contributed by atoms with Crippen LogP contribution < -0.4 is 0 Å². The number of rotatable bonds is 4. The van der Waals surface area contributed by atoms with Gasteiger partial charge in [0.1, 0.15) is 0 Å². The second-order valence-electron chi connectivity index (χ2n) is 6.08. The molecular weight excluding hydrogens is 266 g/mol. The summed E-state index contributed by atoms with van der Waals surface area (Å²) in [6.07, 6.45) is 2.81. The van der Waals surface area contributed by atoms with Crippen molar-refractivity contribution in [2.24, 2.45) is 11.8 Å². The molecule has 2 rings (SSSR count). The fourth-order valence-corrected chi connectivity index (χ4v) is 3.00. The van der Waals surface area contributed by atoms with E-state index in [0.717, 1.165) is 18.4 Å². The number of benzene rings is 1. The number of carboxylic acids is 1. The van der Waals surface area contributed by atoms with E-state index in [1.165, 1.54) is 5.56 Å². The van der Waals surface area contributed by atoms with E-state index >= 15 is 0 Å². The van der Waals surface area contributed by atoms with E-state index < -0.39 is 5.97 Å². The van der Waals surface area contributed by atoms with E-state index in [1.807, 2.05) is 31.2 Å². The smallest absolute Gasteiger partial charge is 0.306 e. The van der Waals surface area contributed by atoms with Gasteiger partial charge in [-0.2, -0.15) is 0 Å². The number of carbonyl (C=O) groups is 2. The molecule has 4 heteroatoms. The molecule has 0 aliphatic heterocycles. The number of carbonyl (C=O) groups excluding carboxylic acids is 1. The topological polar surface area (TPSA) is 57.6 Å². The summed E-state index contributed by atoms with van der Waals surface area (Å²) >= 11 is 0. The Labute approximate surface area is 125 Å². The molecule has 0 bridgehead atoms. The Morgan fingerprint density at radius 2 is 1.81 bits per heavy atom. The van der Waals surface area contributed by atoms with Crippen LogP contribution in [-0.2, 0) is 16.1 Å². The van der Waals surface area contributed by atoms with Gasteiger partial charge in [0.25, 0.3) is 0 Å². The molecule has 0 spiro atoms. The van der Waals surface area contributed by atoms with Crippen LogP contribution in [-0.4, -0.2) is 28.9 Å². The molecule has 1 aromatic rings. The highest BCUT2D eigenvalue weighted by molar-refractivity contribution is 5.80. The van der Waals surface area contributed by atoms with Gasteiger partial charge in [0.15, 0.2) is 0 Å². The maximum Gasteiger partial charge on any atom is 0.306 e. The average molecular weight is 289 g/mol. The second-order valence-corrected chi connectivity index (χ2v) is 6.08. The number of nitrogens with zero attached hydrogens (tertiary/aromatic N) is 1. The minimum Gasteiger partial charge on any atom is -0.481 e. The van der Waals surface area contributed by atoms with Crippen LogP contribution in [0.4, 0.5) is 0 Å². The van der Waals surface area contributed by atoms with Gasteiger partial charge in [-0.05, 0) is 31.7 Å². The predicted octanol–water partition coefficient (Wildman–Crippen LogP) is 2.84. The molecule has 1 aliphatic carbocycles. The molecule has 0 heterocycles. The number of aliphatic carboxylic acids is 1. The molecule has 1 saturated carbocycles. The van der Waals surface area contributed by atoms with Crippen LogP contribution in [0.3, 0.4) is 0 Å². The molecule has 21 heavy (non-hydrogen) atoms. The van der Waals surface area contributed by atoms with Crippen molar-refractivity contribution in [2.75, 3.05) is 7.05 Å². The van der Waals surface area contributed by atoms with Gasteiger partial charge in [-0.15, -0.1) is 0 Å². The zero-order chi connectivity index (χ0) is 15.4. The van der Waals surface area contributed by atoms with Crippen molar-refractivity contribution >= 4 is 11.9 Å². The molecule has 4 nitrogen and oxygen atoms in total. The zero-order valence-corrected chi connectivity index (χ0v) is 12.7. The van der Waals surface area contributed by atoms with Crippen molar-refractivity contribution in [3.8, 4) is 0 Å². The summed E-state index contributed by atoms with van der Waals surface area (Å²) in [6, 6.07) is 8.13. The Morgan fingerprint density at radius 3 is 2.43 bits per heavy atom. The van der Waals surface area contributed by atoms with Crippen LogP contribution >= 0.6 is 0 Å². The number of carboxylic acid groups (broad SMARTS) is 1. The molecular formula is C17H23NO3. The van der Waals surface area contributed by atoms with Gasteiger partial charge in [0.2, 0.25) is 5.91 Å². The van der Waals surface area contributed by atoms with Crippen molar-refractivity contribution in [3.63, 3.8) is 0 Å². The van der Waals surface area contributed by atoms with Gasteiger partial charge in [-0.25, -0.2) is 0 Å². The summed E-state index contributed by atoms with van der Waals surface area (Å²) in [7, 11) is 1.80. The molecule has 1 aromatic carbocycles. The molecule has 0 unspecified atom stereocenters. The minimum absolute atomic E-state index is 0.0709. The van der Waals surface area contributed by atoms with E-state index in [1.54, 1.807) is 11.9 Å². The van der Waals surface area contributed by atoms with Gasteiger partial charge in [-0.1, -0.05) is 36.2 Å². The SMILES string of the molecule is Cc1ccc(CN(C)C(=O)[C@@H]2CCC[C@H](C(=O)O)C2)cc1. The van der Waals surface area contributed by atoms with Crippen molar-refractivity contribution in [3.05, 3.63) is 35.4 Å². The second kappa shape index (κ2) is 6.74. The first-order chi connectivity index (χ1) is 9.97. The fourth-order valence-electron chi connectivity index (χ4n) is 3.00. The minimum atomic E-state index is -0.770. The Bertz CT molecular complexity index is 509. The third kappa shape index (κ3) is 4.06. The first kappa shape index (κ1) is 15.5. The summed E-state index contributed by atoms with van der Waals surface area (Å²) in [5.41, 5.74) is 2.30. The first-order valence-electron chi connectivity index (χ1n) is 7.50. The molecule has 1 N–H and O–H groups in total. The third-order valence-electron chi connectivity index (χ3n) is 4.29. The summed E-state index contributed by atoms with van der Waals surface area (Å²) < 4.78 is 0. The van der Waals surface area contributed by atoms with Crippen molar-refractivity contribution in [2.45, 2.75) is 39.2 Å². The number of amides is 1. The van der Waals surface area contributed by atoms with E-state index in [2.05, 4.69) is 0 Å². The van der Waals surface area contributed by atoms with Gasteiger partial charge in [0, 0.05) is 19.5 Å². The number of hydrogen-bond acceptors (Lipinski definition) is 2. The van der Waals surface area contributed by atoms with E-state index in [4.69, 9.17) is 5.11 Å². The molecule has 1 fully saturated rings. The quantitative estimate of drug-likeness (QED) is 0.927. The maximum absolute atomic E-state index is 12.5. The van der Waals surface area contributed by atoms with E-state index in [-0.39, 0.29) is 17.7 Å². The van der Waals surface area contributed by atoms with Crippen molar-refractivity contribution in [1.29, 1.82) is 0 Å². The van der Waals surface area contributed by atoms with Gasteiger partial charge < -0.3 is 10.0 Å². The van der Waals surface area contributed by atoms with Crippen LogP contribution in [0.1, 0.15) is 36.8 Å². The summed E-state index contributed by atoms with van der Waals surface area (Å²) in [5.74, 6) is -1.20. The number of hydrogen-bond donors (Lipinski definition) is 1. The summed E-state index contributed by atoms with van der Waals surface area (Å²) in [5, 5.41) is 9.11. The highest BCUT2D eigenvalue weighted by atomic mass is 16.4. The monoisotopic (exact) mass is 289 g/mol. The molecule has 114 valence electrons. The van der Waals surface area contributed by atoms with Crippen molar-refractivity contribution in [1.82, 2.24) is 4.90 Å². The lowest BCUT2D eigenvalue weighted by atomic mass is 9.81. The Kier molecular flexibility index (Phi) is 4.99. The Hall–Kier alpha value is -1.84. The van der Waals surface area contributed by atoms with Crippen LogP contribution in [0, 0.1) is 18.8 Å². The fraction of sp³-hybridized carbons (Fsp3) is 0.529. The molecule has 0 radical (unpaired) electrons. The standard InChI is InChI=1S/C17H23NO3/c1-12-6-8-13(9-7-12)11-18(2)16(19)14-4-3-5-15(10-14)17(20)21/h6-9,14-15H,3-5,10-11H2,1-2H3,(H,20,21)/t14-,15+/m1/s1. The lowest BCUT2D eigenvalue weighted by Crippen LogP contribution is -2.36. The first-order valence-corrected chi connectivity index (χ1v) is 7.50. The molecule has 1 aliphatic rings. The summed E-state index contributed by atoms with van der Waals surface area (Å²) in [4.78, 5) is 25.3. The predicted molar refractivity (Wildman–Crippen MR) is 80.7 cm³/mol. The Balaban J connectivity index is 1.95. The van der Waals surface area contributed by atoms with E-state index in [0.29, 0.717) is 19.4 Å². The van der Waals surface area contributed by atoms with Gasteiger partial charge in [0.05, 0.1) is 5.92 Å². The third-order valence-corrected chi connectivity index (χ3v) is 4.29. The van der Waals surface area contributed by atoms with Gasteiger partial charge >= 0.3 is 5.97 Å². The zero-order valence-electron chi connectivity index (χ0n) is 12.7.